The highest BCUT2D eigenvalue weighted by molar-refractivity contribution is 7.25. The van der Waals surface area contributed by atoms with Crippen molar-refractivity contribution in [2.24, 2.45) is 0 Å². The first-order valence-electron chi connectivity index (χ1n) is 48.4. The van der Waals surface area contributed by atoms with Crippen molar-refractivity contribution < 1.29 is 0 Å². The van der Waals surface area contributed by atoms with Crippen molar-refractivity contribution >= 4 is 119 Å². The summed E-state index contributed by atoms with van der Waals surface area (Å²) in [6.07, 6.45) is 0. The van der Waals surface area contributed by atoms with Gasteiger partial charge in [-0.3, -0.25) is 0 Å². The zero-order chi connectivity index (χ0) is 92.6. The van der Waals surface area contributed by atoms with Crippen molar-refractivity contribution in [2.45, 2.75) is 19.3 Å². The molecule has 4 nitrogen and oxygen atoms in total. The fourth-order valence-electron chi connectivity index (χ4n) is 22.6. The van der Waals surface area contributed by atoms with Gasteiger partial charge in [0.15, 0.2) is 0 Å². The molecule has 1 aliphatic rings. The first-order valence-corrected chi connectivity index (χ1v) is 49.2. The normalized spacial score (nSPS) is 12.3. The second-order valence-electron chi connectivity index (χ2n) is 37.8. The Hall–Kier alpha value is -17.7. The number of hydrogen-bond acceptors (Lipinski definition) is 1. The molecule has 0 saturated carbocycles. The van der Waals surface area contributed by atoms with Gasteiger partial charge in [-0.2, -0.15) is 0 Å². The maximum Gasteiger partial charge on any atom is 0.0541 e. The molecule has 0 saturated heterocycles. The Kier molecular flexibility index (Phi) is 19.5. The summed E-state index contributed by atoms with van der Waals surface area (Å²) in [6.45, 7) is 4.72. The fourth-order valence-corrected chi connectivity index (χ4v) is 23.7. The summed E-state index contributed by atoms with van der Waals surface area (Å²) in [5.74, 6) is 0. The molecular weight excluding hydrogens is 1710 g/mol. The van der Waals surface area contributed by atoms with Crippen LogP contribution in [0.5, 0.6) is 0 Å². The standard InChI is InChI=1S/C69H48N2.C66H42N2S/c1-69(2)63-27-14-12-25-57(63)58-33-32-56(44-64(58)69)71-65-28-15-13-26-59(65)60-42-50(30-35-66(60)71)51-31-36-68-62(43-51)61-41-49(45-17-6-3-7-18-45)29-34-67(61)70(68)55-24-16-23-48(40-55)54-38-52(46-19-8-4-9-20-46)37-53(39-54)47-21-10-5-11-22-47;1-4-15-43(16-5-1)47-27-32-63-59(39-47)60-41-49(48-28-33-62-58(40-48)55-23-10-12-25-61(55)68(62)54-30-31-57-56-24-11-13-26-65(56)69-66(57)42-54)29-34-64(60)67(63)53-22-14-21-46(38-53)52-36-50(44-17-6-2-7-18-44)35-51(37-52)45-19-8-3-9-20-45/h3-44H,1-2H3;1-42H. The maximum atomic E-state index is 2.46. The highest BCUT2D eigenvalue weighted by Gasteiger charge is 2.36. The maximum absolute atomic E-state index is 2.46. The summed E-state index contributed by atoms with van der Waals surface area (Å²) in [6, 6.07) is 188. The number of nitrogens with zero attached hydrogens (tertiary/aromatic N) is 4. The van der Waals surface area contributed by atoms with E-state index in [-0.39, 0.29) is 5.41 Å². The molecule has 0 radical (unpaired) electrons. The van der Waals surface area contributed by atoms with E-state index in [1.54, 1.807) is 0 Å². The summed E-state index contributed by atoms with van der Waals surface area (Å²) in [7, 11) is 0. The molecule has 140 heavy (non-hydrogen) atoms. The van der Waals surface area contributed by atoms with Crippen LogP contribution in [0.1, 0.15) is 25.0 Å². The van der Waals surface area contributed by atoms with E-state index < -0.39 is 0 Å². The van der Waals surface area contributed by atoms with Crippen LogP contribution in [0.3, 0.4) is 0 Å². The zero-order valence-electron chi connectivity index (χ0n) is 77.2. The number of rotatable bonds is 14. The molecule has 0 fully saturated rings. The van der Waals surface area contributed by atoms with Crippen molar-refractivity contribution in [1.29, 1.82) is 0 Å². The van der Waals surface area contributed by atoms with Gasteiger partial charge in [0.2, 0.25) is 0 Å². The number of fused-ring (bicyclic) bond motifs is 18. The minimum absolute atomic E-state index is 0.0820. The van der Waals surface area contributed by atoms with Gasteiger partial charge in [0.1, 0.15) is 0 Å². The molecule has 0 amide bonds. The van der Waals surface area contributed by atoms with Gasteiger partial charge >= 0.3 is 0 Å². The molecule has 27 aromatic rings. The fraction of sp³-hybridized carbons (Fsp3) is 0.0222. The molecule has 0 aliphatic heterocycles. The zero-order valence-corrected chi connectivity index (χ0v) is 78.0. The van der Waals surface area contributed by atoms with E-state index in [9.17, 15) is 0 Å². The van der Waals surface area contributed by atoms with Crippen molar-refractivity contribution in [3.63, 3.8) is 0 Å². The predicted molar refractivity (Wildman–Crippen MR) is 595 cm³/mol. The Morgan fingerprint density at radius 3 is 0.786 bits per heavy atom. The molecule has 28 rings (SSSR count). The molecule has 1 aliphatic carbocycles. The van der Waals surface area contributed by atoms with Crippen LogP contribution in [-0.2, 0) is 5.41 Å². The van der Waals surface area contributed by atoms with Gasteiger partial charge in [-0.1, -0.05) is 347 Å². The molecule has 0 bridgehead atoms. The second-order valence-corrected chi connectivity index (χ2v) is 38.9. The Morgan fingerprint density at radius 2 is 0.400 bits per heavy atom. The SMILES string of the molecule is CC1(C)c2ccccc2-c2ccc(-n3c4ccccc4c4cc(-c5ccc6c(c5)c5cc(-c7ccccc7)ccc5n6-c5cccc(-c6cc(-c7ccccc7)cc(-c7ccccc7)c6)c5)ccc43)cc21.c1ccc(-c2cc(-c3ccccc3)cc(-c3cccc(-n4c5ccc(-c6ccccc6)cc5c5cc(-c6ccc7c(c6)c6ccccc6n7-c6ccc7c(c6)sc6ccccc67)ccc54)c3)c2)cc1. The van der Waals surface area contributed by atoms with Crippen LogP contribution >= 0.6 is 11.3 Å². The third kappa shape index (κ3) is 13.9. The van der Waals surface area contributed by atoms with Gasteiger partial charge in [-0.05, 0) is 309 Å². The molecular formula is C135H90N4S. The lowest BCUT2D eigenvalue weighted by Gasteiger charge is -2.22. The van der Waals surface area contributed by atoms with Crippen LogP contribution in [0.15, 0.2) is 510 Å². The average molecular weight is 1800 g/mol. The van der Waals surface area contributed by atoms with E-state index in [4.69, 9.17) is 0 Å². The van der Waals surface area contributed by atoms with Crippen LogP contribution in [0.2, 0.25) is 0 Å². The molecule has 5 aromatic heterocycles. The van der Waals surface area contributed by atoms with Crippen LogP contribution in [0.4, 0.5) is 0 Å². The summed E-state index contributed by atoms with van der Waals surface area (Å²) >= 11 is 1.87. The third-order valence-corrected chi connectivity index (χ3v) is 30.5. The van der Waals surface area contributed by atoms with Crippen molar-refractivity contribution in [3.8, 4) is 145 Å². The Labute approximate surface area is 816 Å². The van der Waals surface area contributed by atoms with Crippen molar-refractivity contribution in [2.75, 3.05) is 0 Å². The van der Waals surface area contributed by atoms with E-state index in [0.717, 1.165) is 11.4 Å². The Bertz CT molecular complexity index is 9510. The van der Waals surface area contributed by atoms with Gasteiger partial charge in [0.25, 0.3) is 0 Å². The van der Waals surface area contributed by atoms with Gasteiger partial charge in [-0.15, -0.1) is 11.3 Å². The lowest BCUT2D eigenvalue weighted by atomic mass is 9.82. The molecule has 0 N–H and O–H groups in total. The van der Waals surface area contributed by atoms with Gasteiger partial charge < -0.3 is 18.3 Å². The second kappa shape index (κ2) is 33.4. The minimum Gasteiger partial charge on any atom is -0.309 e. The van der Waals surface area contributed by atoms with Gasteiger partial charge in [0.05, 0.1) is 44.1 Å². The summed E-state index contributed by atoms with van der Waals surface area (Å²) in [5.41, 5.74) is 43.5. The third-order valence-electron chi connectivity index (χ3n) is 29.4. The minimum atomic E-state index is -0.0820. The van der Waals surface area contributed by atoms with Crippen LogP contribution in [0, 0.1) is 0 Å². The monoisotopic (exact) mass is 1800 g/mol. The lowest BCUT2D eigenvalue weighted by Crippen LogP contribution is -2.15. The largest absolute Gasteiger partial charge is 0.309 e. The number of hydrogen-bond donors (Lipinski definition) is 0. The number of aromatic nitrogens is 4. The van der Waals surface area contributed by atoms with Crippen LogP contribution < -0.4 is 0 Å². The molecule has 5 heteroatoms. The number of benzene rings is 22. The molecule has 0 spiro atoms. The number of thiophene rings is 1. The molecule has 0 atom stereocenters. The van der Waals surface area contributed by atoms with E-state index >= 15 is 0 Å². The van der Waals surface area contributed by atoms with Crippen molar-refractivity contribution in [1.82, 2.24) is 18.3 Å². The summed E-state index contributed by atoms with van der Waals surface area (Å²) in [5, 5.41) is 12.5. The first-order chi connectivity index (χ1) is 69.1. The molecule has 5 heterocycles. The van der Waals surface area contributed by atoms with E-state index in [1.807, 2.05) is 11.3 Å². The molecule has 22 aromatic carbocycles. The summed E-state index contributed by atoms with van der Waals surface area (Å²) in [4.78, 5) is 0. The van der Waals surface area contributed by atoms with Crippen molar-refractivity contribution in [3.05, 3.63) is 521 Å². The molecule has 0 unspecified atom stereocenters. The quantitative estimate of drug-likeness (QED) is 0.103. The van der Waals surface area contributed by atoms with E-state index in [2.05, 4.69) is 542 Å². The Balaban J connectivity index is 0.000000141. The summed E-state index contributed by atoms with van der Waals surface area (Å²) < 4.78 is 12.4. The smallest absolute Gasteiger partial charge is 0.0541 e. The predicted octanol–water partition coefficient (Wildman–Crippen LogP) is 37.1. The highest BCUT2D eigenvalue weighted by Crippen LogP contribution is 2.52. The van der Waals surface area contributed by atoms with E-state index in [1.165, 1.54) is 252 Å². The topological polar surface area (TPSA) is 19.7 Å². The van der Waals surface area contributed by atoms with Gasteiger partial charge in [0, 0.05) is 91.4 Å². The highest BCUT2D eigenvalue weighted by atomic mass is 32.1. The van der Waals surface area contributed by atoms with Crippen LogP contribution in [0.25, 0.3) is 253 Å². The van der Waals surface area contributed by atoms with E-state index in [0.29, 0.717) is 0 Å². The molecule has 656 valence electrons. The average Bonchev–Trinajstić information content (AvgIpc) is 1.59. The Morgan fingerprint density at radius 1 is 0.143 bits per heavy atom. The van der Waals surface area contributed by atoms with Gasteiger partial charge in [-0.25, -0.2) is 0 Å². The van der Waals surface area contributed by atoms with Crippen LogP contribution in [-0.4, -0.2) is 18.3 Å². The lowest BCUT2D eigenvalue weighted by molar-refractivity contribution is 0.660. The first kappa shape index (κ1) is 81.8. The number of para-hydroxylation sites is 2.